The zero-order chi connectivity index (χ0) is 10.7. The normalized spacial score (nSPS) is 9.93. The summed E-state index contributed by atoms with van der Waals surface area (Å²) >= 11 is 0. The standard InChI is InChI=1S/C12H12N2O/c13-11-8-4-5-9-12(11)14(15)10-6-2-1-3-7-10/h1-9,15H,13H2. The lowest BCUT2D eigenvalue weighted by Gasteiger charge is -2.18. The molecule has 0 aliphatic carbocycles. The summed E-state index contributed by atoms with van der Waals surface area (Å²) in [5.41, 5.74) is 7.58. The molecule has 3 N–H and O–H groups in total. The summed E-state index contributed by atoms with van der Waals surface area (Å²) in [5.74, 6) is 0. The van der Waals surface area contributed by atoms with Crippen molar-refractivity contribution in [3.05, 3.63) is 54.6 Å². The van der Waals surface area contributed by atoms with Crippen molar-refractivity contribution in [2.75, 3.05) is 10.8 Å². The zero-order valence-electron chi connectivity index (χ0n) is 8.17. The Hall–Kier alpha value is -2.00. The molecule has 0 atom stereocenters. The highest BCUT2D eigenvalue weighted by Crippen LogP contribution is 2.27. The van der Waals surface area contributed by atoms with Crippen molar-refractivity contribution in [2.24, 2.45) is 0 Å². The molecule has 0 aliphatic rings. The molecule has 0 bridgehead atoms. The number of para-hydroxylation sites is 3. The highest BCUT2D eigenvalue weighted by molar-refractivity contribution is 5.72. The van der Waals surface area contributed by atoms with E-state index in [0.717, 1.165) is 5.06 Å². The maximum Gasteiger partial charge on any atom is 0.0922 e. The maximum atomic E-state index is 9.93. The second kappa shape index (κ2) is 4.02. The highest BCUT2D eigenvalue weighted by Gasteiger charge is 2.07. The SMILES string of the molecule is Nc1ccccc1N(O)c1ccccc1. The van der Waals surface area contributed by atoms with Gasteiger partial charge in [-0.1, -0.05) is 30.3 Å². The molecule has 0 aliphatic heterocycles. The molecular formula is C12H12N2O. The minimum absolute atomic E-state index is 0.545. The van der Waals surface area contributed by atoms with Gasteiger partial charge in [0, 0.05) is 0 Å². The van der Waals surface area contributed by atoms with Crippen LogP contribution in [0.3, 0.4) is 0 Å². The fourth-order valence-electron chi connectivity index (χ4n) is 1.39. The number of hydrogen-bond donors (Lipinski definition) is 2. The van der Waals surface area contributed by atoms with Gasteiger partial charge in [0.15, 0.2) is 0 Å². The number of hydrogen-bond acceptors (Lipinski definition) is 3. The Morgan fingerprint density at radius 2 is 1.47 bits per heavy atom. The van der Waals surface area contributed by atoms with E-state index < -0.39 is 0 Å². The molecule has 0 amide bonds. The Morgan fingerprint density at radius 3 is 2.13 bits per heavy atom. The van der Waals surface area contributed by atoms with Crippen molar-refractivity contribution in [1.29, 1.82) is 0 Å². The Balaban J connectivity index is 2.37. The molecule has 0 saturated carbocycles. The van der Waals surface area contributed by atoms with Crippen molar-refractivity contribution in [3.8, 4) is 0 Å². The van der Waals surface area contributed by atoms with Gasteiger partial charge in [-0.2, -0.15) is 0 Å². The molecule has 3 heteroatoms. The smallest absolute Gasteiger partial charge is 0.0922 e. The predicted molar refractivity (Wildman–Crippen MR) is 61.2 cm³/mol. The summed E-state index contributed by atoms with van der Waals surface area (Å²) in [6.45, 7) is 0. The highest BCUT2D eigenvalue weighted by atomic mass is 16.5. The lowest BCUT2D eigenvalue weighted by atomic mass is 10.2. The van der Waals surface area contributed by atoms with E-state index >= 15 is 0 Å². The van der Waals surface area contributed by atoms with Crippen LogP contribution in [0, 0.1) is 0 Å². The molecule has 2 aromatic carbocycles. The molecule has 2 aromatic rings. The number of benzene rings is 2. The summed E-state index contributed by atoms with van der Waals surface area (Å²) in [7, 11) is 0. The van der Waals surface area contributed by atoms with Gasteiger partial charge in [-0.3, -0.25) is 5.21 Å². The minimum atomic E-state index is 0.545. The van der Waals surface area contributed by atoms with E-state index in [1.165, 1.54) is 0 Å². The molecule has 0 heterocycles. The fraction of sp³-hybridized carbons (Fsp3) is 0. The molecule has 0 radical (unpaired) electrons. The quantitative estimate of drug-likeness (QED) is 0.579. The van der Waals surface area contributed by atoms with Gasteiger partial charge in [-0.25, -0.2) is 5.06 Å². The van der Waals surface area contributed by atoms with Gasteiger partial charge in [-0.05, 0) is 24.3 Å². The Kier molecular flexibility index (Phi) is 2.56. The molecule has 0 unspecified atom stereocenters. The summed E-state index contributed by atoms with van der Waals surface area (Å²) < 4.78 is 0. The average molecular weight is 200 g/mol. The molecule has 0 saturated heterocycles. The number of nitrogen functional groups attached to an aromatic ring is 1. The van der Waals surface area contributed by atoms with Crippen molar-refractivity contribution >= 4 is 17.1 Å². The van der Waals surface area contributed by atoms with Crippen molar-refractivity contribution in [3.63, 3.8) is 0 Å². The van der Waals surface area contributed by atoms with Crippen LogP contribution in [-0.4, -0.2) is 5.21 Å². The molecule has 0 spiro atoms. The van der Waals surface area contributed by atoms with Crippen LogP contribution in [0.15, 0.2) is 54.6 Å². The van der Waals surface area contributed by atoms with Crippen LogP contribution in [0.2, 0.25) is 0 Å². The van der Waals surface area contributed by atoms with Crippen LogP contribution >= 0.6 is 0 Å². The lowest BCUT2D eigenvalue weighted by molar-refractivity contribution is 0.301. The van der Waals surface area contributed by atoms with Crippen LogP contribution in [0.4, 0.5) is 17.1 Å². The third-order valence-electron chi connectivity index (χ3n) is 2.17. The Bertz CT molecular complexity index is 442. The molecular weight excluding hydrogens is 188 g/mol. The minimum Gasteiger partial charge on any atom is -0.397 e. The number of anilines is 3. The Labute approximate surface area is 88.3 Å². The predicted octanol–water partition coefficient (Wildman–Crippen LogP) is 2.80. The summed E-state index contributed by atoms with van der Waals surface area (Å²) in [5, 5.41) is 11.0. The first-order valence-corrected chi connectivity index (χ1v) is 4.67. The maximum absolute atomic E-state index is 9.93. The first kappa shape index (κ1) is 9.55. The summed E-state index contributed by atoms with van der Waals surface area (Å²) in [6, 6.07) is 16.4. The average Bonchev–Trinajstić information content (AvgIpc) is 2.30. The van der Waals surface area contributed by atoms with E-state index in [2.05, 4.69) is 0 Å². The second-order valence-electron chi connectivity index (χ2n) is 3.21. The summed E-state index contributed by atoms with van der Waals surface area (Å²) in [4.78, 5) is 0. The number of nitrogens with two attached hydrogens (primary N) is 1. The molecule has 15 heavy (non-hydrogen) atoms. The van der Waals surface area contributed by atoms with Gasteiger partial charge in [0.25, 0.3) is 0 Å². The van der Waals surface area contributed by atoms with Gasteiger partial charge in [0.2, 0.25) is 0 Å². The van der Waals surface area contributed by atoms with E-state index in [0.29, 0.717) is 17.1 Å². The van der Waals surface area contributed by atoms with Crippen molar-refractivity contribution in [2.45, 2.75) is 0 Å². The van der Waals surface area contributed by atoms with E-state index in [4.69, 9.17) is 5.73 Å². The lowest BCUT2D eigenvalue weighted by Crippen LogP contribution is -2.12. The molecule has 76 valence electrons. The second-order valence-corrected chi connectivity index (χ2v) is 3.21. The zero-order valence-corrected chi connectivity index (χ0v) is 8.17. The Morgan fingerprint density at radius 1 is 0.867 bits per heavy atom. The third-order valence-corrected chi connectivity index (χ3v) is 2.17. The first-order chi connectivity index (χ1) is 7.29. The van der Waals surface area contributed by atoms with Gasteiger partial charge in [-0.15, -0.1) is 0 Å². The van der Waals surface area contributed by atoms with E-state index in [1.54, 1.807) is 12.1 Å². The van der Waals surface area contributed by atoms with Gasteiger partial charge < -0.3 is 5.73 Å². The number of rotatable bonds is 2. The topological polar surface area (TPSA) is 49.5 Å². The molecule has 3 nitrogen and oxygen atoms in total. The van der Waals surface area contributed by atoms with E-state index in [9.17, 15) is 5.21 Å². The monoisotopic (exact) mass is 200 g/mol. The van der Waals surface area contributed by atoms with Crippen molar-refractivity contribution < 1.29 is 5.21 Å². The van der Waals surface area contributed by atoms with Gasteiger partial charge in [0.05, 0.1) is 17.1 Å². The van der Waals surface area contributed by atoms with Crippen molar-refractivity contribution in [1.82, 2.24) is 0 Å². The third kappa shape index (κ3) is 1.92. The molecule has 2 rings (SSSR count). The molecule has 0 aromatic heterocycles. The van der Waals surface area contributed by atoms with E-state index in [-0.39, 0.29) is 0 Å². The van der Waals surface area contributed by atoms with E-state index in [1.807, 2.05) is 42.5 Å². The van der Waals surface area contributed by atoms with Crippen LogP contribution in [0.5, 0.6) is 0 Å². The first-order valence-electron chi connectivity index (χ1n) is 4.67. The van der Waals surface area contributed by atoms with Gasteiger partial charge in [0.1, 0.15) is 0 Å². The van der Waals surface area contributed by atoms with Crippen LogP contribution < -0.4 is 10.8 Å². The van der Waals surface area contributed by atoms with Crippen LogP contribution in [0.1, 0.15) is 0 Å². The number of nitrogens with zero attached hydrogens (tertiary/aromatic N) is 1. The fourth-order valence-corrected chi connectivity index (χ4v) is 1.39. The molecule has 0 fully saturated rings. The van der Waals surface area contributed by atoms with Crippen LogP contribution in [0.25, 0.3) is 0 Å². The van der Waals surface area contributed by atoms with Crippen LogP contribution in [-0.2, 0) is 0 Å². The summed E-state index contributed by atoms with van der Waals surface area (Å²) in [6.07, 6.45) is 0. The largest absolute Gasteiger partial charge is 0.397 e. The van der Waals surface area contributed by atoms with Gasteiger partial charge >= 0.3 is 0 Å².